The van der Waals surface area contributed by atoms with Crippen molar-refractivity contribution in [3.8, 4) is 5.75 Å². The number of ketones is 1. The SMILES string of the molecule is CCOc1cncc(C(=O)c2ccsc2)c1. The van der Waals surface area contributed by atoms with Crippen LogP contribution >= 0.6 is 11.3 Å². The van der Waals surface area contributed by atoms with Gasteiger partial charge in [-0.3, -0.25) is 9.78 Å². The Bertz CT molecular complexity index is 480. The van der Waals surface area contributed by atoms with Crippen molar-refractivity contribution in [2.45, 2.75) is 6.92 Å². The molecular weight excluding hydrogens is 222 g/mol. The molecule has 0 unspecified atom stereocenters. The number of aromatic nitrogens is 1. The molecule has 82 valence electrons. The molecule has 0 aromatic carbocycles. The Kier molecular flexibility index (Phi) is 3.31. The summed E-state index contributed by atoms with van der Waals surface area (Å²) >= 11 is 1.50. The van der Waals surface area contributed by atoms with Crippen LogP contribution in [0.3, 0.4) is 0 Å². The number of pyridine rings is 1. The van der Waals surface area contributed by atoms with Gasteiger partial charge >= 0.3 is 0 Å². The first kappa shape index (κ1) is 10.8. The van der Waals surface area contributed by atoms with Crippen molar-refractivity contribution in [2.75, 3.05) is 6.61 Å². The fourth-order valence-corrected chi connectivity index (χ4v) is 1.98. The van der Waals surface area contributed by atoms with Crippen molar-refractivity contribution in [1.29, 1.82) is 0 Å². The summed E-state index contributed by atoms with van der Waals surface area (Å²) in [5.74, 6) is 0.610. The second kappa shape index (κ2) is 4.90. The molecule has 4 heteroatoms. The lowest BCUT2D eigenvalue weighted by molar-refractivity contribution is 0.103. The zero-order chi connectivity index (χ0) is 11.4. The van der Waals surface area contributed by atoms with Crippen molar-refractivity contribution in [2.24, 2.45) is 0 Å². The Balaban J connectivity index is 2.27. The van der Waals surface area contributed by atoms with Crippen LogP contribution in [0.2, 0.25) is 0 Å². The van der Waals surface area contributed by atoms with E-state index < -0.39 is 0 Å². The van der Waals surface area contributed by atoms with Crippen LogP contribution in [0.5, 0.6) is 5.75 Å². The molecule has 2 heterocycles. The summed E-state index contributed by atoms with van der Waals surface area (Å²) in [5.41, 5.74) is 1.25. The number of ether oxygens (including phenoxy) is 1. The largest absolute Gasteiger partial charge is 0.492 e. The van der Waals surface area contributed by atoms with Crippen LogP contribution in [0, 0.1) is 0 Å². The summed E-state index contributed by atoms with van der Waals surface area (Å²) in [5, 5.41) is 3.71. The second-order valence-electron chi connectivity index (χ2n) is 3.18. The van der Waals surface area contributed by atoms with Crippen molar-refractivity contribution in [1.82, 2.24) is 4.98 Å². The van der Waals surface area contributed by atoms with Crippen LogP contribution in [-0.4, -0.2) is 17.4 Å². The van der Waals surface area contributed by atoms with E-state index in [0.717, 1.165) is 0 Å². The minimum Gasteiger partial charge on any atom is -0.492 e. The molecule has 0 aliphatic heterocycles. The van der Waals surface area contributed by atoms with Gasteiger partial charge in [-0.05, 0) is 24.4 Å². The van der Waals surface area contributed by atoms with E-state index in [2.05, 4.69) is 4.98 Å². The van der Waals surface area contributed by atoms with Crippen LogP contribution in [0.15, 0.2) is 35.3 Å². The van der Waals surface area contributed by atoms with Crippen molar-refractivity contribution in [3.05, 3.63) is 46.4 Å². The predicted molar refractivity (Wildman–Crippen MR) is 63.2 cm³/mol. The molecule has 2 aromatic rings. The maximum atomic E-state index is 12.0. The Hall–Kier alpha value is -1.68. The van der Waals surface area contributed by atoms with E-state index >= 15 is 0 Å². The summed E-state index contributed by atoms with van der Waals surface area (Å²) in [6.07, 6.45) is 3.16. The van der Waals surface area contributed by atoms with E-state index in [0.29, 0.717) is 23.5 Å². The number of hydrogen-bond donors (Lipinski definition) is 0. The number of carbonyl (C=O) groups excluding carboxylic acids is 1. The third-order valence-electron chi connectivity index (χ3n) is 2.07. The molecule has 3 nitrogen and oxygen atoms in total. The van der Waals surface area contributed by atoms with E-state index in [4.69, 9.17) is 4.74 Å². The molecule has 0 fully saturated rings. The summed E-state index contributed by atoms with van der Waals surface area (Å²) in [4.78, 5) is 16.0. The number of thiophene rings is 1. The molecule has 0 spiro atoms. The van der Waals surface area contributed by atoms with Gasteiger partial charge in [0.15, 0.2) is 5.78 Å². The highest BCUT2D eigenvalue weighted by Gasteiger charge is 2.10. The topological polar surface area (TPSA) is 39.2 Å². The van der Waals surface area contributed by atoms with Crippen molar-refractivity contribution in [3.63, 3.8) is 0 Å². The van der Waals surface area contributed by atoms with E-state index in [9.17, 15) is 4.79 Å². The maximum absolute atomic E-state index is 12.0. The minimum atomic E-state index is -0.0182. The van der Waals surface area contributed by atoms with E-state index in [1.165, 1.54) is 11.3 Å². The molecule has 0 N–H and O–H groups in total. The van der Waals surface area contributed by atoms with Crippen LogP contribution < -0.4 is 4.74 Å². The molecule has 0 aliphatic rings. The quantitative estimate of drug-likeness (QED) is 0.762. The van der Waals surface area contributed by atoms with Crippen LogP contribution in [0.4, 0.5) is 0 Å². The van der Waals surface area contributed by atoms with Gasteiger partial charge in [0.05, 0.1) is 12.8 Å². The van der Waals surface area contributed by atoms with Gasteiger partial charge in [0.25, 0.3) is 0 Å². The Morgan fingerprint density at radius 2 is 2.31 bits per heavy atom. The maximum Gasteiger partial charge on any atom is 0.195 e. The molecule has 0 amide bonds. The van der Waals surface area contributed by atoms with Gasteiger partial charge in [0.2, 0.25) is 0 Å². The molecule has 0 atom stereocenters. The Labute approximate surface area is 97.7 Å². The van der Waals surface area contributed by atoms with Crippen molar-refractivity contribution >= 4 is 17.1 Å². The number of rotatable bonds is 4. The fraction of sp³-hybridized carbons (Fsp3) is 0.167. The highest BCUT2D eigenvalue weighted by molar-refractivity contribution is 7.08. The van der Waals surface area contributed by atoms with Gasteiger partial charge in [0, 0.05) is 22.7 Å². The molecule has 2 aromatic heterocycles. The summed E-state index contributed by atoms with van der Waals surface area (Å²) < 4.78 is 5.30. The highest BCUT2D eigenvalue weighted by Crippen LogP contribution is 2.16. The molecule has 2 rings (SSSR count). The lowest BCUT2D eigenvalue weighted by atomic mass is 10.1. The lowest BCUT2D eigenvalue weighted by Gasteiger charge is -2.03. The fourth-order valence-electron chi connectivity index (χ4n) is 1.35. The molecule has 16 heavy (non-hydrogen) atoms. The molecule has 0 radical (unpaired) electrons. The molecular formula is C12H11NO2S. The van der Waals surface area contributed by atoms with Gasteiger partial charge in [-0.2, -0.15) is 11.3 Å². The smallest absolute Gasteiger partial charge is 0.195 e. The van der Waals surface area contributed by atoms with Gasteiger partial charge in [-0.15, -0.1) is 0 Å². The van der Waals surface area contributed by atoms with Crippen LogP contribution in [0.1, 0.15) is 22.8 Å². The molecule has 0 saturated carbocycles. The van der Waals surface area contributed by atoms with Gasteiger partial charge in [-0.1, -0.05) is 0 Å². The molecule has 0 aliphatic carbocycles. The zero-order valence-corrected chi connectivity index (χ0v) is 9.66. The third kappa shape index (κ3) is 2.28. The highest BCUT2D eigenvalue weighted by atomic mass is 32.1. The first-order chi connectivity index (χ1) is 7.81. The Morgan fingerprint density at radius 1 is 1.44 bits per heavy atom. The van der Waals surface area contributed by atoms with Gasteiger partial charge < -0.3 is 4.74 Å². The van der Waals surface area contributed by atoms with Crippen molar-refractivity contribution < 1.29 is 9.53 Å². The number of nitrogens with zero attached hydrogens (tertiary/aromatic N) is 1. The molecule has 0 bridgehead atoms. The Morgan fingerprint density at radius 3 is 3.00 bits per heavy atom. The van der Waals surface area contributed by atoms with Crippen LogP contribution in [-0.2, 0) is 0 Å². The average Bonchev–Trinajstić information content (AvgIpc) is 2.82. The monoisotopic (exact) mass is 233 g/mol. The standard InChI is InChI=1S/C12H11NO2S/c1-2-15-11-5-10(6-13-7-11)12(14)9-3-4-16-8-9/h3-8H,2H2,1H3. The normalized spacial score (nSPS) is 10.1. The van der Waals surface area contributed by atoms with Crippen LogP contribution in [0.25, 0.3) is 0 Å². The average molecular weight is 233 g/mol. The summed E-state index contributed by atoms with van der Waals surface area (Å²) in [6.45, 7) is 2.46. The number of hydrogen-bond acceptors (Lipinski definition) is 4. The predicted octanol–water partition coefficient (Wildman–Crippen LogP) is 2.77. The lowest BCUT2D eigenvalue weighted by Crippen LogP contribution is -2.01. The minimum absolute atomic E-state index is 0.0182. The third-order valence-corrected chi connectivity index (χ3v) is 2.75. The van der Waals surface area contributed by atoms with E-state index in [1.807, 2.05) is 17.7 Å². The summed E-state index contributed by atoms with van der Waals surface area (Å²) in [7, 11) is 0. The van der Waals surface area contributed by atoms with E-state index in [-0.39, 0.29) is 5.78 Å². The van der Waals surface area contributed by atoms with E-state index in [1.54, 1.807) is 24.5 Å². The van der Waals surface area contributed by atoms with Gasteiger partial charge in [0.1, 0.15) is 5.75 Å². The zero-order valence-electron chi connectivity index (χ0n) is 8.84. The first-order valence-corrected chi connectivity index (χ1v) is 5.90. The molecule has 0 saturated heterocycles. The van der Waals surface area contributed by atoms with Gasteiger partial charge in [-0.25, -0.2) is 0 Å². The second-order valence-corrected chi connectivity index (χ2v) is 3.96. The number of carbonyl (C=O) groups is 1. The first-order valence-electron chi connectivity index (χ1n) is 4.96. The summed E-state index contributed by atoms with van der Waals surface area (Å²) in [6, 6.07) is 3.52.